The standard InChI is InChI=1S/C9H9ClN4O4S2/c1-5-6(4-13(2)11-5)12-20(17,18)8-3-7(14(15)16)9(10)19-8/h3-4,12H,1-2H3. The Morgan fingerprint density at radius 1 is 1.55 bits per heavy atom. The summed E-state index contributed by atoms with van der Waals surface area (Å²) in [6.45, 7) is 1.64. The van der Waals surface area contributed by atoms with E-state index in [-0.39, 0.29) is 8.55 Å². The van der Waals surface area contributed by atoms with Crippen molar-refractivity contribution in [2.24, 2.45) is 7.05 Å². The van der Waals surface area contributed by atoms with Crippen molar-refractivity contribution in [1.29, 1.82) is 0 Å². The fraction of sp³-hybridized carbons (Fsp3) is 0.222. The minimum Gasteiger partial charge on any atom is -0.275 e. The highest BCUT2D eigenvalue weighted by Crippen LogP contribution is 2.36. The van der Waals surface area contributed by atoms with E-state index in [9.17, 15) is 18.5 Å². The number of nitro groups is 1. The first kappa shape index (κ1) is 14.8. The maximum atomic E-state index is 12.1. The lowest BCUT2D eigenvalue weighted by Crippen LogP contribution is -2.11. The van der Waals surface area contributed by atoms with Crippen molar-refractivity contribution in [1.82, 2.24) is 9.78 Å². The molecule has 2 rings (SSSR count). The lowest BCUT2D eigenvalue weighted by molar-refractivity contribution is -0.384. The normalized spacial score (nSPS) is 11.6. The highest BCUT2D eigenvalue weighted by Gasteiger charge is 2.26. The van der Waals surface area contributed by atoms with Gasteiger partial charge in [-0.05, 0) is 6.92 Å². The van der Waals surface area contributed by atoms with E-state index in [0.717, 1.165) is 6.07 Å². The highest BCUT2D eigenvalue weighted by molar-refractivity contribution is 7.94. The van der Waals surface area contributed by atoms with E-state index in [0.29, 0.717) is 22.7 Å². The van der Waals surface area contributed by atoms with Gasteiger partial charge >= 0.3 is 0 Å². The molecule has 0 aromatic carbocycles. The van der Waals surface area contributed by atoms with Gasteiger partial charge in [0.15, 0.2) is 4.34 Å². The number of nitrogens with one attached hydrogen (secondary N) is 1. The lowest BCUT2D eigenvalue weighted by Gasteiger charge is -2.03. The van der Waals surface area contributed by atoms with Gasteiger partial charge in [-0.15, -0.1) is 11.3 Å². The molecular formula is C9H9ClN4O4S2. The second-order valence-electron chi connectivity index (χ2n) is 3.89. The van der Waals surface area contributed by atoms with Gasteiger partial charge in [0.1, 0.15) is 4.21 Å². The van der Waals surface area contributed by atoms with Gasteiger partial charge in [-0.1, -0.05) is 11.6 Å². The van der Waals surface area contributed by atoms with Crippen LogP contribution in [0.25, 0.3) is 0 Å². The summed E-state index contributed by atoms with van der Waals surface area (Å²) < 4.78 is 27.6. The molecular weight excluding hydrogens is 328 g/mol. The molecule has 0 spiro atoms. The second-order valence-corrected chi connectivity index (χ2v) is 7.45. The van der Waals surface area contributed by atoms with Gasteiger partial charge in [-0.2, -0.15) is 5.10 Å². The summed E-state index contributed by atoms with van der Waals surface area (Å²) in [7, 11) is -2.28. The zero-order chi connectivity index (χ0) is 15.1. The molecule has 2 heterocycles. The Kier molecular flexibility index (Phi) is 3.71. The molecule has 0 amide bonds. The number of hydrogen-bond donors (Lipinski definition) is 1. The topological polar surface area (TPSA) is 107 Å². The first-order chi connectivity index (χ1) is 9.20. The molecule has 20 heavy (non-hydrogen) atoms. The Hall–Kier alpha value is -1.65. The SMILES string of the molecule is Cc1nn(C)cc1NS(=O)(=O)c1cc([N+](=O)[O-])c(Cl)s1. The number of aromatic nitrogens is 2. The van der Waals surface area contributed by atoms with Crippen molar-refractivity contribution < 1.29 is 13.3 Å². The third kappa shape index (κ3) is 2.76. The third-order valence-corrected chi connectivity index (χ3v) is 5.54. The van der Waals surface area contributed by atoms with Gasteiger partial charge in [0.25, 0.3) is 15.7 Å². The van der Waals surface area contributed by atoms with Crippen molar-refractivity contribution in [3.63, 3.8) is 0 Å². The molecule has 0 aliphatic heterocycles. The number of anilines is 1. The van der Waals surface area contributed by atoms with Crippen molar-refractivity contribution in [3.8, 4) is 0 Å². The van der Waals surface area contributed by atoms with Crippen LogP contribution >= 0.6 is 22.9 Å². The summed E-state index contributed by atoms with van der Waals surface area (Å²) in [5.74, 6) is 0. The lowest BCUT2D eigenvalue weighted by atomic mass is 10.4. The van der Waals surface area contributed by atoms with Crippen LogP contribution in [0.3, 0.4) is 0 Å². The van der Waals surface area contributed by atoms with Crippen molar-refractivity contribution >= 4 is 44.3 Å². The summed E-state index contributed by atoms with van der Waals surface area (Å²) in [6.07, 6.45) is 1.50. The van der Waals surface area contributed by atoms with Crippen LogP contribution in [0.5, 0.6) is 0 Å². The minimum atomic E-state index is -3.93. The number of nitrogens with zero attached hydrogens (tertiary/aromatic N) is 3. The number of rotatable bonds is 4. The summed E-state index contributed by atoms with van der Waals surface area (Å²) in [6, 6.07) is 0.932. The van der Waals surface area contributed by atoms with E-state index in [2.05, 4.69) is 9.82 Å². The number of hydrogen-bond acceptors (Lipinski definition) is 6. The number of sulfonamides is 1. The van der Waals surface area contributed by atoms with E-state index < -0.39 is 20.6 Å². The average Bonchev–Trinajstić information content (AvgIpc) is 2.83. The molecule has 1 N–H and O–H groups in total. The number of aryl methyl sites for hydroxylation is 2. The second kappa shape index (κ2) is 5.04. The Labute approximate surface area is 123 Å². The fourth-order valence-corrected chi connectivity index (χ4v) is 4.26. The molecule has 0 saturated carbocycles. The number of halogens is 1. The Balaban J connectivity index is 2.38. The smallest absolute Gasteiger partial charge is 0.275 e. The molecule has 2 aromatic rings. The molecule has 0 saturated heterocycles. The monoisotopic (exact) mass is 336 g/mol. The summed E-state index contributed by atoms with van der Waals surface area (Å²) in [4.78, 5) is 9.95. The van der Waals surface area contributed by atoms with Crippen LogP contribution in [0.15, 0.2) is 16.5 Å². The molecule has 0 aliphatic carbocycles. The first-order valence-electron chi connectivity index (χ1n) is 5.17. The Bertz CT molecular complexity index is 780. The Morgan fingerprint density at radius 3 is 2.65 bits per heavy atom. The first-order valence-corrected chi connectivity index (χ1v) is 7.85. The molecule has 0 radical (unpaired) electrons. The maximum Gasteiger partial charge on any atom is 0.300 e. The van der Waals surface area contributed by atoms with Crippen LogP contribution < -0.4 is 4.72 Å². The fourth-order valence-electron chi connectivity index (χ4n) is 1.49. The maximum absolute atomic E-state index is 12.1. The van der Waals surface area contributed by atoms with Gasteiger partial charge in [-0.25, -0.2) is 8.42 Å². The van der Waals surface area contributed by atoms with Crippen LogP contribution in [0.1, 0.15) is 5.69 Å². The molecule has 0 aliphatic rings. The zero-order valence-corrected chi connectivity index (χ0v) is 12.7. The molecule has 2 aromatic heterocycles. The van der Waals surface area contributed by atoms with Gasteiger partial charge in [0, 0.05) is 19.3 Å². The average molecular weight is 337 g/mol. The molecule has 0 bridgehead atoms. The van der Waals surface area contributed by atoms with Gasteiger partial charge in [-0.3, -0.25) is 19.5 Å². The minimum absolute atomic E-state index is 0.182. The molecule has 0 atom stereocenters. The van der Waals surface area contributed by atoms with Crippen molar-refractivity contribution in [3.05, 3.63) is 32.4 Å². The van der Waals surface area contributed by atoms with E-state index in [1.165, 1.54) is 10.9 Å². The largest absolute Gasteiger partial charge is 0.300 e. The van der Waals surface area contributed by atoms with Gasteiger partial charge in [0.05, 0.1) is 16.3 Å². The molecule has 0 unspecified atom stereocenters. The predicted octanol–water partition coefficient (Wildman–Crippen LogP) is 2.15. The van der Waals surface area contributed by atoms with Crippen molar-refractivity contribution in [2.75, 3.05) is 4.72 Å². The van der Waals surface area contributed by atoms with Crippen LogP contribution in [0, 0.1) is 17.0 Å². The zero-order valence-electron chi connectivity index (χ0n) is 10.3. The molecule has 11 heteroatoms. The molecule has 108 valence electrons. The van der Waals surface area contributed by atoms with Crippen LogP contribution in [-0.4, -0.2) is 23.1 Å². The van der Waals surface area contributed by atoms with E-state index in [1.807, 2.05) is 0 Å². The molecule has 8 nitrogen and oxygen atoms in total. The van der Waals surface area contributed by atoms with E-state index in [4.69, 9.17) is 11.6 Å². The van der Waals surface area contributed by atoms with Crippen LogP contribution in [0.2, 0.25) is 4.34 Å². The van der Waals surface area contributed by atoms with Crippen molar-refractivity contribution in [2.45, 2.75) is 11.1 Å². The van der Waals surface area contributed by atoms with E-state index >= 15 is 0 Å². The van der Waals surface area contributed by atoms with Gasteiger partial charge in [0.2, 0.25) is 0 Å². The highest BCUT2D eigenvalue weighted by atomic mass is 35.5. The quantitative estimate of drug-likeness (QED) is 0.680. The summed E-state index contributed by atoms with van der Waals surface area (Å²) in [5.41, 5.74) is 0.368. The summed E-state index contributed by atoms with van der Waals surface area (Å²) in [5, 5.41) is 14.7. The van der Waals surface area contributed by atoms with Crippen LogP contribution in [0.4, 0.5) is 11.4 Å². The molecule has 0 fully saturated rings. The number of thiophene rings is 1. The van der Waals surface area contributed by atoms with Gasteiger partial charge < -0.3 is 0 Å². The van der Waals surface area contributed by atoms with E-state index in [1.54, 1.807) is 14.0 Å². The predicted molar refractivity (Wildman–Crippen MR) is 74.7 cm³/mol. The van der Waals surface area contributed by atoms with Crippen LogP contribution in [-0.2, 0) is 17.1 Å². The third-order valence-electron chi connectivity index (χ3n) is 2.37. The summed E-state index contributed by atoms with van der Waals surface area (Å²) >= 11 is 6.28. The Morgan fingerprint density at radius 2 is 2.20 bits per heavy atom.